The molecule has 1 unspecified atom stereocenters. The van der Waals surface area contributed by atoms with Gasteiger partial charge in [-0.15, -0.1) is 0 Å². The van der Waals surface area contributed by atoms with Gasteiger partial charge in [0.25, 0.3) is 0 Å². The highest BCUT2D eigenvalue weighted by Gasteiger charge is 2.01. The summed E-state index contributed by atoms with van der Waals surface area (Å²) in [5.41, 5.74) is 1.09. The molecule has 0 aliphatic carbocycles. The van der Waals surface area contributed by atoms with Crippen molar-refractivity contribution in [2.24, 2.45) is 0 Å². The lowest BCUT2D eigenvalue weighted by molar-refractivity contribution is -0.107. The molecular formula is C10H18O2. The highest BCUT2D eigenvalue weighted by atomic mass is 16.5. The number of methoxy groups -OCH3 is 1. The minimum Gasteiger partial charge on any atom is -0.377 e. The number of rotatable bonds is 6. The SMILES string of the molecule is CCCC(/C=C(\C)CC=O)OC. The minimum absolute atomic E-state index is 0.176. The average molecular weight is 170 g/mol. The van der Waals surface area contributed by atoms with Crippen LogP contribution < -0.4 is 0 Å². The largest absolute Gasteiger partial charge is 0.377 e. The third kappa shape index (κ3) is 5.08. The molecule has 0 amide bonds. The van der Waals surface area contributed by atoms with Crippen LogP contribution >= 0.6 is 0 Å². The lowest BCUT2D eigenvalue weighted by Crippen LogP contribution is -2.06. The molecule has 0 radical (unpaired) electrons. The molecule has 0 saturated carbocycles. The van der Waals surface area contributed by atoms with E-state index in [-0.39, 0.29) is 6.10 Å². The summed E-state index contributed by atoms with van der Waals surface area (Å²) in [5.74, 6) is 0. The van der Waals surface area contributed by atoms with Gasteiger partial charge in [-0.1, -0.05) is 25.0 Å². The third-order valence-electron chi connectivity index (χ3n) is 1.75. The summed E-state index contributed by atoms with van der Waals surface area (Å²) in [4.78, 5) is 10.2. The molecular weight excluding hydrogens is 152 g/mol. The Morgan fingerprint density at radius 2 is 2.25 bits per heavy atom. The first kappa shape index (κ1) is 11.4. The monoisotopic (exact) mass is 170 g/mol. The van der Waals surface area contributed by atoms with Gasteiger partial charge >= 0.3 is 0 Å². The second-order valence-electron chi connectivity index (χ2n) is 2.95. The van der Waals surface area contributed by atoms with E-state index >= 15 is 0 Å². The van der Waals surface area contributed by atoms with E-state index in [4.69, 9.17) is 4.74 Å². The van der Waals surface area contributed by atoms with Crippen molar-refractivity contribution in [1.29, 1.82) is 0 Å². The molecule has 0 rings (SSSR count). The van der Waals surface area contributed by atoms with Crippen molar-refractivity contribution >= 4 is 6.29 Å². The van der Waals surface area contributed by atoms with E-state index < -0.39 is 0 Å². The second-order valence-corrected chi connectivity index (χ2v) is 2.95. The number of carbonyl (C=O) groups is 1. The van der Waals surface area contributed by atoms with Crippen molar-refractivity contribution in [2.75, 3.05) is 7.11 Å². The van der Waals surface area contributed by atoms with Crippen LogP contribution in [-0.4, -0.2) is 19.5 Å². The molecule has 0 saturated heterocycles. The molecule has 12 heavy (non-hydrogen) atoms. The van der Waals surface area contributed by atoms with Crippen molar-refractivity contribution in [3.8, 4) is 0 Å². The zero-order valence-electron chi connectivity index (χ0n) is 8.17. The van der Waals surface area contributed by atoms with E-state index in [1.807, 2.05) is 13.0 Å². The number of allylic oxidation sites excluding steroid dienone is 1. The average Bonchev–Trinajstić information content (AvgIpc) is 2.04. The van der Waals surface area contributed by atoms with Crippen LogP contribution in [0, 0.1) is 0 Å². The standard InChI is InChI=1S/C10H18O2/c1-4-5-10(12-3)8-9(2)6-7-11/h7-8,10H,4-6H2,1-3H3/b9-8+. The Labute approximate surface area is 74.6 Å². The zero-order valence-corrected chi connectivity index (χ0v) is 8.17. The van der Waals surface area contributed by atoms with Crippen molar-refractivity contribution in [3.05, 3.63) is 11.6 Å². The van der Waals surface area contributed by atoms with Crippen LogP contribution in [0.4, 0.5) is 0 Å². The first-order chi connectivity index (χ1) is 5.74. The fraction of sp³-hybridized carbons (Fsp3) is 0.700. The predicted octanol–water partition coefficient (Wildman–Crippen LogP) is 2.34. The molecule has 0 aliphatic rings. The van der Waals surface area contributed by atoms with Crippen LogP contribution in [0.3, 0.4) is 0 Å². The van der Waals surface area contributed by atoms with Gasteiger partial charge in [0.2, 0.25) is 0 Å². The Hall–Kier alpha value is -0.630. The first-order valence-corrected chi connectivity index (χ1v) is 4.38. The highest BCUT2D eigenvalue weighted by Crippen LogP contribution is 2.07. The molecule has 2 heteroatoms. The van der Waals surface area contributed by atoms with Crippen LogP contribution in [0.5, 0.6) is 0 Å². The Kier molecular flexibility index (Phi) is 6.67. The van der Waals surface area contributed by atoms with Gasteiger partial charge in [0.1, 0.15) is 6.29 Å². The van der Waals surface area contributed by atoms with Gasteiger partial charge in [0, 0.05) is 13.5 Å². The van der Waals surface area contributed by atoms with E-state index in [0.29, 0.717) is 6.42 Å². The summed E-state index contributed by atoms with van der Waals surface area (Å²) in [6.07, 6.45) is 5.76. The summed E-state index contributed by atoms with van der Waals surface area (Å²) in [6, 6.07) is 0. The number of aldehydes is 1. The molecule has 1 atom stereocenters. The van der Waals surface area contributed by atoms with Gasteiger partial charge in [0.05, 0.1) is 6.10 Å². The van der Waals surface area contributed by atoms with Crippen LogP contribution in [0.15, 0.2) is 11.6 Å². The summed E-state index contributed by atoms with van der Waals surface area (Å²) in [5, 5.41) is 0. The summed E-state index contributed by atoms with van der Waals surface area (Å²) in [6.45, 7) is 4.07. The third-order valence-corrected chi connectivity index (χ3v) is 1.75. The van der Waals surface area contributed by atoms with Gasteiger partial charge in [-0.3, -0.25) is 0 Å². The first-order valence-electron chi connectivity index (χ1n) is 4.38. The molecule has 0 aromatic carbocycles. The van der Waals surface area contributed by atoms with E-state index in [0.717, 1.165) is 24.7 Å². The molecule has 0 aliphatic heterocycles. The maximum Gasteiger partial charge on any atom is 0.124 e. The molecule has 0 heterocycles. The van der Waals surface area contributed by atoms with Crippen LogP contribution in [0.2, 0.25) is 0 Å². The summed E-state index contributed by atoms with van der Waals surface area (Å²) < 4.78 is 5.22. The Morgan fingerprint density at radius 3 is 2.67 bits per heavy atom. The molecule has 0 spiro atoms. The topological polar surface area (TPSA) is 26.3 Å². The van der Waals surface area contributed by atoms with Crippen molar-refractivity contribution < 1.29 is 9.53 Å². The number of hydrogen-bond donors (Lipinski definition) is 0. The van der Waals surface area contributed by atoms with Crippen molar-refractivity contribution in [1.82, 2.24) is 0 Å². The fourth-order valence-corrected chi connectivity index (χ4v) is 1.07. The molecule has 0 aromatic heterocycles. The smallest absolute Gasteiger partial charge is 0.124 e. The molecule has 70 valence electrons. The van der Waals surface area contributed by atoms with Gasteiger partial charge in [-0.05, 0) is 13.3 Å². The second kappa shape index (κ2) is 7.04. The van der Waals surface area contributed by atoms with E-state index in [9.17, 15) is 4.79 Å². The zero-order chi connectivity index (χ0) is 9.40. The molecule has 0 aromatic rings. The molecule has 2 nitrogen and oxygen atoms in total. The maximum absolute atomic E-state index is 10.2. The summed E-state index contributed by atoms with van der Waals surface area (Å²) >= 11 is 0. The Balaban J connectivity index is 3.95. The maximum atomic E-state index is 10.2. The van der Waals surface area contributed by atoms with Crippen molar-refractivity contribution in [2.45, 2.75) is 39.2 Å². The van der Waals surface area contributed by atoms with Crippen LogP contribution in [-0.2, 0) is 9.53 Å². The minimum atomic E-state index is 0.176. The van der Waals surface area contributed by atoms with Gasteiger partial charge < -0.3 is 9.53 Å². The quantitative estimate of drug-likeness (QED) is 0.452. The lowest BCUT2D eigenvalue weighted by atomic mass is 10.1. The molecule has 0 bridgehead atoms. The Bertz CT molecular complexity index is 150. The van der Waals surface area contributed by atoms with Crippen LogP contribution in [0.1, 0.15) is 33.1 Å². The summed E-state index contributed by atoms with van der Waals surface area (Å²) in [7, 11) is 1.70. The van der Waals surface area contributed by atoms with Gasteiger partial charge in [0.15, 0.2) is 0 Å². The lowest BCUT2D eigenvalue weighted by Gasteiger charge is -2.09. The number of carbonyl (C=O) groups excluding carboxylic acids is 1. The predicted molar refractivity (Wildman–Crippen MR) is 50.1 cm³/mol. The van der Waals surface area contributed by atoms with Gasteiger partial charge in [-0.25, -0.2) is 0 Å². The van der Waals surface area contributed by atoms with E-state index in [1.54, 1.807) is 7.11 Å². The molecule has 0 fully saturated rings. The van der Waals surface area contributed by atoms with Gasteiger partial charge in [-0.2, -0.15) is 0 Å². The highest BCUT2D eigenvalue weighted by molar-refractivity contribution is 5.53. The Morgan fingerprint density at radius 1 is 1.58 bits per heavy atom. The number of ether oxygens (including phenoxy) is 1. The molecule has 0 N–H and O–H groups in total. The fourth-order valence-electron chi connectivity index (χ4n) is 1.07. The van der Waals surface area contributed by atoms with E-state index in [2.05, 4.69) is 6.92 Å². The van der Waals surface area contributed by atoms with Crippen molar-refractivity contribution in [3.63, 3.8) is 0 Å². The normalized spacial score (nSPS) is 14.4. The number of hydrogen-bond acceptors (Lipinski definition) is 2. The van der Waals surface area contributed by atoms with Crippen LogP contribution in [0.25, 0.3) is 0 Å². The van der Waals surface area contributed by atoms with E-state index in [1.165, 1.54) is 0 Å².